The first-order valence-electron chi connectivity index (χ1n) is 6.11. The lowest BCUT2D eigenvalue weighted by Crippen LogP contribution is -2.29. The summed E-state index contributed by atoms with van der Waals surface area (Å²) in [6.45, 7) is 1.50. The van der Waals surface area contributed by atoms with Gasteiger partial charge < -0.3 is 14.5 Å². The van der Waals surface area contributed by atoms with Crippen molar-refractivity contribution in [3.05, 3.63) is 50.8 Å². The van der Waals surface area contributed by atoms with Crippen LogP contribution in [0, 0.1) is 0 Å². The third kappa shape index (κ3) is 3.04. The monoisotopic (exact) mass is 385 g/mol. The Balaban J connectivity index is 1.50. The standard InChI is InChI=1S/C14H13Br2NO2/c15-12-6-11(19-14(12)16)8-17-7-10-5-9-3-1-2-4-13(9)18-10/h1-4,6,10,17H,5,7-8H2. The number of fused-ring (bicyclic) bond motifs is 1. The Hall–Kier alpha value is -0.780. The first-order valence-corrected chi connectivity index (χ1v) is 7.70. The molecule has 0 spiro atoms. The summed E-state index contributed by atoms with van der Waals surface area (Å²) in [6, 6.07) is 10.2. The molecule has 3 nitrogen and oxygen atoms in total. The molecule has 0 saturated heterocycles. The lowest BCUT2D eigenvalue weighted by molar-refractivity contribution is 0.225. The summed E-state index contributed by atoms with van der Waals surface area (Å²) in [6.07, 6.45) is 1.17. The number of rotatable bonds is 4. The second-order valence-electron chi connectivity index (χ2n) is 4.52. The fourth-order valence-corrected chi connectivity index (χ4v) is 2.86. The first kappa shape index (κ1) is 13.2. The number of benzene rings is 1. The van der Waals surface area contributed by atoms with E-state index in [9.17, 15) is 0 Å². The molecule has 1 aliphatic heterocycles. The van der Waals surface area contributed by atoms with Crippen LogP contribution in [0.25, 0.3) is 0 Å². The summed E-state index contributed by atoms with van der Waals surface area (Å²) < 4.78 is 13.0. The van der Waals surface area contributed by atoms with E-state index in [0.29, 0.717) is 6.54 Å². The van der Waals surface area contributed by atoms with Crippen LogP contribution in [0.4, 0.5) is 0 Å². The van der Waals surface area contributed by atoms with Crippen molar-refractivity contribution >= 4 is 31.9 Å². The number of para-hydroxylation sites is 1. The highest BCUT2D eigenvalue weighted by atomic mass is 79.9. The van der Waals surface area contributed by atoms with Gasteiger partial charge in [-0.25, -0.2) is 0 Å². The van der Waals surface area contributed by atoms with Crippen LogP contribution in [0.2, 0.25) is 0 Å². The van der Waals surface area contributed by atoms with Gasteiger partial charge in [0.05, 0.1) is 11.0 Å². The minimum Gasteiger partial charge on any atom is -0.488 e. The summed E-state index contributed by atoms with van der Waals surface area (Å²) in [4.78, 5) is 0. The van der Waals surface area contributed by atoms with Crippen molar-refractivity contribution in [2.24, 2.45) is 0 Å². The predicted octanol–water partition coefficient (Wildman–Crippen LogP) is 3.90. The predicted molar refractivity (Wildman–Crippen MR) is 80.4 cm³/mol. The number of nitrogens with one attached hydrogen (secondary N) is 1. The maximum absolute atomic E-state index is 5.86. The molecule has 1 atom stereocenters. The molecule has 1 aliphatic rings. The zero-order valence-electron chi connectivity index (χ0n) is 10.2. The lowest BCUT2D eigenvalue weighted by atomic mass is 10.1. The van der Waals surface area contributed by atoms with Crippen LogP contribution in [0.15, 0.2) is 43.9 Å². The van der Waals surface area contributed by atoms with Gasteiger partial charge in [0.15, 0.2) is 4.67 Å². The highest BCUT2D eigenvalue weighted by Gasteiger charge is 2.21. The fraction of sp³-hybridized carbons (Fsp3) is 0.286. The third-order valence-electron chi connectivity index (χ3n) is 3.08. The normalized spacial score (nSPS) is 17.3. The fourth-order valence-electron chi connectivity index (χ4n) is 2.20. The summed E-state index contributed by atoms with van der Waals surface area (Å²) >= 11 is 6.73. The van der Waals surface area contributed by atoms with Crippen molar-refractivity contribution in [3.63, 3.8) is 0 Å². The summed E-state index contributed by atoms with van der Waals surface area (Å²) in [5.74, 6) is 1.91. The molecule has 2 aromatic rings. The van der Waals surface area contributed by atoms with Crippen LogP contribution < -0.4 is 10.1 Å². The average molecular weight is 387 g/mol. The summed E-state index contributed by atoms with van der Waals surface area (Å²) in [5, 5.41) is 3.36. The molecular formula is C14H13Br2NO2. The molecule has 1 aromatic carbocycles. The second-order valence-corrected chi connectivity index (χ2v) is 6.09. The van der Waals surface area contributed by atoms with Gasteiger partial charge in [0, 0.05) is 13.0 Å². The van der Waals surface area contributed by atoms with Crippen LogP contribution in [-0.2, 0) is 13.0 Å². The van der Waals surface area contributed by atoms with E-state index in [-0.39, 0.29) is 6.10 Å². The van der Waals surface area contributed by atoms with Crippen molar-refractivity contribution in [3.8, 4) is 5.75 Å². The largest absolute Gasteiger partial charge is 0.488 e. The summed E-state index contributed by atoms with van der Waals surface area (Å²) in [7, 11) is 0. The molecule has 0 saturated carbocycles. The Kier molecular flexibility index (Phi) is 3.96. The topological polar surface area (TPSA) is 34.4 Å². The maximum atomic E-state index is 5.86. The second kappa shape index (κ2) is 5.69. The van der Waals surface area contributed by atoms with Crippen LogP contribution in [0.1, 0.15) is 11.3 Å². The SMILES string of the molecule is Brc1cc(CNCC2Cc3ccccc3O2)oc1Br. The van der Waals surface area contributed by atoms with E-state index in [4.69, 9.17) is 9.15 Å². The van der Waals surface area contributed by atoms with Crippen LogP contribution in [-0.4, -0.2) is 12.6 Å². The smallest absolute Gasteiger partial charge is 0.183 e. The summed E-state index contributed by atoms with van der Waals surface area (Å²) in [5.41, 5.74) is 1.29. The Morgan fingerprint density at radius 3 is 2.84 bits per heavy atom. The molecule has 1 N–H and O–H groups in total. The van der Waals surface area contributed by atoms with Gasteiger partial charge in [0.25, 0.3) is 0 Å². The van der Waals surface area contributed by atoms with Crippen molar-refractivity contribution in [2.75, 3.05) is 6.54 Å². The van der Waals surface area contributed by atoms with Crippen molar-refractivity contribution < 1.29 is 9.15 Å². The Morgan fingerprint density at radius 1 is 1.26 bits per heavy atom. The molecule has 3 rings (SSSR count). The van der Waals surface area contributed by atoms with Crippen LogP contribution in [0.3, 0.4) is 0 Å². The van der Waals surface area contributed by atoms with E-state index >= 15 is 0 Å². The van der Waals surface area contributed by atoms with E-state index in [1.807, 2.05) is 18.2 Å². The van der Waals surface area contributed by atoms with Gasteiger partial charge in [0.1, 0.15) is 17.6 Å². The number of furan rings is 1. The third-order valence-corrected chi connectivity index (χ3v) is 4.79. The van der Waals surface area contributed by atoms with Gasteiger partial charge in [-0.05, 0) is 49.6 Å². The number of halogens is 2. The molecule has 19 heavy (non-hydrogen) atoms. The number of hydrogen-bond donors (Lipinski definition) is 1. The highest BCUT2D eigenvalue weighted by molar-refractivity contribution is 9.13. The molecule has 0 radical (unpaired) electrons. The lowest BCUT2D eigenvalue weighted by Gasteiger charge is -2.10. The molecule has 0 bridgehead atoms. The van der Waals surface area contributed by atoms with Gasteiger partial charge in [0.2, 0.25) is 0 Å². The maximum Gasteiger partial charge on any atom is 0.183 e. The molecular weight excluding hydrogens is 374 g/mol. The highest BCUT2D eigenvalue weighted by Crippen LogP contribution is 2.28. The van der Waals surface area contributed by atoms with Crippen LogP contribution >= 0.6 is 31.9 Å². The Morgan fingerprint density at radius 2 is 2.11 bits per heavy atom. The van der Waals surface area contributed by atoms with E-state index < -0.39 is 0 Å². The molecule has 0 aliphatic carbocycles. The molecule has 1 aromatic heterocycles. The van der Waals surface area contributed by atoms with Crippen molar-refractivity contribution in [1.29, 1.82) is 0 Å². The molecule has 0 fully saturated rings. The average Bonchev–Trinajstić information content (AvgIpc) is 2.93. The van der Waals surface area contributed by atoms with Crippen LogP contribution in [0.5, 0.6) is 5.75 Å². The number of ether oxygens (including phenoxy) is 1. The molecule has 100 valence electrons. The minimum atomic E-state index is 0.208. The molecule has 5 heteroatoms. The van der Waals surface area contributed by atoms with Gasteiger partial charge >= 0.3 is 0 Å². The van der Waals surface area contributed by atoms with Gasteiger partial charge in [-0.3, -0.25) is 0 Å². The molecule has 0 amide bonds. The zero-order chi connectivity index (χ0) is 13.2. The minimum absolute atomic E-state index is 0.208. The van der Waals surface area contributed by atoms with Crippen molar-refractivity contribution in [1.82, 2.24) is 5.32 Å². The molecule has 1 unspecified atom stereocenters. The van der Waals surface area contributed by atoms with E-state index in [1.54, 1.807) is 0 Å². The zero-order valence-corrected chi connectivity index (χ0v) is 13.3. The van der Waals surface area contributed by atoms with Gasteiger partial charge in [-0.15, -0.1) is 0 Å². The van der Waals surface area contributed by atoms with Crippen molar-refractivity contribution in [2.45, 2.75) is 19.1 Å². The quantitative estimate of drug-likeness (QED) is 0.865. The van der Waals surface area contributed by atoms with Gasteiger partial charge in [-0.1, -0.05) is 18.2 Å². The van der Waals surface area contributed by atoms with Gasteiger partial charge in [-0.2, -0.15) is 0 Å². The number of hydrogen-bond acceptors (Lipinski definition) is 3. The first-order chi connectivity index (χ1) is 9.22. The van der Waals surface area contributed by atoms with E-state index in [2.05, 4.69) is 49.3 Å². The van der Waals surface area contributed by atoms with E-state index in [0.717, 1.165) is 33.6 Å². The molecule has 2 heterocycles. The Labute approximate surface area is 128 Å². The Bertz CT molecular complexity index is 538. The van der Waals surface area contributed by atoms with E-state index in [1.165, 1.54) is 5.56 Å².